The summed E-state index contributed by atoms with van der Waals surface area (Å²) >= 11 is 1.52. The monoisotopic (exact) mass is 352 g/mol. The average molecular weight is 352 g/mol. The molecule has 3 rings (SSSR count). The highest BCUT2D eigenvalue weighted by atomic mass is 32.2. The highest BCUT2D eigenvalue weighted by Gasteiger charge is 2.22. The first-order chi connectivity index (χ1) is 12.0. The van der Waals surface area contributed by atoms with Gasteiger partial charge in [-0.2, -0.15) is 0 Å². The maximum atomic E-state index is 13.0. The van der Waals surface area contributed by atoms with E-state index in [2.05, 4.69) is 10.3 Å². The van der Waals surface area contributed by atoms with Gasteiger partial charge in [0.1, 0.15) is 0 Å². The smallest absolute Gasteiger partial charge is 0.221 e. The number of hydrogen-bond acceptors (Lipinski definition) is 3. The Morgan fingerprint density at radius 2 is 1.76 bits per heavy atom. The summed E-state index contributed by atoms with van der Waals surface area (Å²) < 4.78 is 0. The number of aryl methyl sites for hydroxylation is 1. The maximum Gasteiger partial charge on any atom is 0.221 e. The molecule has 128 valence electrons. The lowest BCUT2D eigenvalue weighted by atomic mass is 10.1. The average Bonchev–Trinajstić information content (AvgIpc) is 2.91. The number of Topliss-reactive ketones (excluding diaryl/α,β-unsaturated/α-hetero) is 1. The Morgan fingerprint density at radius 3 is 2.44 bits per heavy atom. The number of carbonyl (C=O) groups is 2. The number of carbonyl (C=O) groups excluding carboxylic acids is 2. The Labute approximate surface area is 151 Å². The van der Waals surface area contributed by atoms with Crippen molar-refractivity contribution in [2.24, 2.45) is 0 Å². The van der Waals surface area contributed by atoms with E-state index < -0.39 is 0 Å². The lowest BCUT2D eigenvalue weighted by Gasteiger charge is -2.11. The van der Waals surface area contributed by atoms with E-state index in [1.807, 2.05) is 62.4 Å². The molecule has 0 aliphatic carbocycles. The van der Waals surface area contributed by atoms with Crippen LogP contribution in [0.25, 0.3) is 10.9 Å². The zero-order chi connectivity index (χ0) is 18.0. The molecule has 1 amide bonds. The third-order valence-electron chi connectivity index (χ3n) is 4.00. The fourth-order valence-corrected chi connectivity index (χ4v) is 3.80. The van der Waals surface area contributed by atoms with E-state index in [9.17, 15) is 9.59 Å². The number of ketones is 1. The SMILES string of the molecule is CC(=O)Nc1ccc(SC(C)C(=O)c2c(C)[nH]c3ccccc23)cc1. The molecule has 2 N–H and O–H groups in total. The third-order valence-corrected chi connectivity index (χ3v) is 5.11. The molecule has 0 aliphatic rings. The van der Waals surface area contributed by atoms with Crippen molar-refractivity contribution in [2.75, 3.05) is 5.32 Å². The number of hydrogen-bond donors (Lipinski definition) is 2. The Hall–Kier alpha value is -2.53. The second-order valence-corrected chi connectivity index (χ2v) is 7.41. The van der Waals surface area contributed by atoms with Gasteiger partial charge >= 0.3 is 0 Å². The van der Waals surface area contributed by atoms with E-state index in [1.165, 1.54) is 18.7 Å². The zero-order valence-electron chi connectivity index (χ0n) is 14.4. The number of aromatic amines is 1. The van der Waals surface area contributed by atoms with Crippen LogP contribution in [0.3, 0.4) is 0 Å². The van der Waals surface area contributed by atoms with Gasteiger partial charge in [0.05, 0.1) is 5.25 Å². The first-order valence-corrected chi connectivity index (χ1v) is 8.99. The summed E-state index contributed by atoms with van der Waals surface area (Å²) in [6.07, 6.45) is 0. The normalized spacial score (nSPS) is 12.1. The number of benzene rings is 2. The molecule has 25 heavy (non-hydrogen) atoms. The van der Waals surface area contributed by atoms with Gasteiger partial charge < -0.3 is 10.3 Å². The quantitative estimate of drug-likeness (QED) is 0.512. The van der Waals surface area contributed by atoms with Gasteiger partial charge in [-0.3, -0.25) is 9.59 Å². The molecule has 0 fully saturated rings. The van der Waals surface area contributed by atoms with E-state index in [4.69, 9.17) is 0 Å². The van der Waals surface area contributed by atoms with Gasteiger partial charge in [-0.1, -0.05) is 18.2 Å². The maximum absolute atomic E-state index is 13.0. The number of nitrogens with one attached hydrogen (secondary N) is 2. The molecule has 0 radical (unpaired) electrons. The first-order valence-electron chi connectivity index (χ1n) is 8.11. The molecule has 3 aromatic rings. The molecule has 4 nitrogen and oxygen atoms in total. The largest absolute Gasteiger partial charge is 0.358 e. The van der Waals surface area contributed by atoms with Crippen LogP contribution in [0.2, 0.25) is 0 Å². The van der Waals surface area contributed by atoms with Gasteiger partial charge in [0, 0.05) is 39.7 Å². The predicted octanol–water partition coefficient (Wildman–Crippen LogP) is 4.80. The summed E-state index contributed by atoms with van der Waals surface area (Å²) in [5.41, 5.74) is 3.41. The van der Waals surface area contributed by atoms with Crippen molar-refractivity contribution >= 4 is 40.0 Å². The lowest BCUT2D eigenvalue weighted by Crippen LogP contribution is -2.14. The van der Waals surface area contributed by atoms with Crippen molar-refractivity contribution in [1.82, 2.24) is 4.98 Å². The van der Waals surface area contributed by atoms with Gasteiger partial charge in [-0.05, 0) is 44.2 Å². The van der Waals surface area contributed by atoms with Crippen molar-refractivity contribution in [3.63, 3.8) is 0 Å². The van der Waals surface area contributed by atoms with Crippen LogP contribution in [-0.2, 0) is 4.79 Å². The second-order valence-electron chi connectivity index (χ2n) is 6.00. The summed E-state index contributed by atoms with van der Waals surface area (Å²) in [7, 11) is 0. The van der Waals surface area contributed by atoms with Gasteiger partial charge in [-0.25, -0.2) is 0 Å². The Kier molecular flexibility index (Phi) is 4.95. The summed E-state index contributed by atoms with van der Waals surface area (Å²) in [6.45, 7) is 5.34. The number of fused-ring (bicyclic) bond motifs is 1. The molecule has 0 saturated heterocycles. The molecule has 1 aromatic heterocycles. The van der Waals surface area contributed by atoms with Crippen LogP contribution in [0.1, 0.15) is 29.9 Å². The van der Waals surface area contributed by atoms with Gasteiger partial charge in [0.15, 0.2) is 5.78 Å². The van der Waals surface area contributed by atoms with E-state index >= 15 is 0 Å². The van der Waals surface area contributed by atoms with Crippen LogP contribution < -0.4 is 5.32 Å². The Morgan fingerprint density at radius 1 is 1.08 bits per heavy atom. The second kappa shape index (κ2) is 7.15. The zero-order valence-corrected chi connectivity index (χ0v) is 15.2. The fourth-order valence-electron chi connectivity index (χ4n) is 2.88. The lowest BCUT2D eigenvalue weighted by molar-refractivity contribution is -0.114. The standard InChI is InChI=1S/C20H20N2O2S/c1-12-19(17-6-4-5-7-18(17)21-12)20(24)13(2)25-16-10-8-15(9-11-16)22-14(3)23/h4-11,13,21H,1-3H3,(H,22,23). The van der Waals surface area contributed by atoms with Crippen LogP contribution in [-0.4, -0.2) is 21.9 Å². The topological polar surface area (TPSA) is 62.0 Å². The molecular weight excluding hydrogens is 332 g/mol. The van der Waals surface area contributed by atoms with Crippen LogP contribution in [0.15, 0.2) is 53.4 Å². The van der Waals surface area contributed by atoms with Gasteiger partial charge in [0.25, 0.3) is 0 Å². The molecule has 0 spiro atoms. The number of anilines is 1. The highest BCUT2D eigenvalue weighted by Crippen LogP contribution is 2.30. The van der Waals surface area contributed by atoms with Crippen LogP contribution in [0, 0.1) is 6.92 Å². The molecular formula is C20H20N2O2S. The van der Waals surface area contributed by atoms with Crippen molar-refractivity contribution in [3.05, 3.63) is 59.8 Å². The molecule has 1 atom stereocenters. The number of thioether (sulfide) groups is 1. The molecule has 1 unspecified atom stereocenters. The van der Waals surface area contributed by atoms with Crippen LogP contribution in [0.4, 0.5) is 5.69 Å². The molecule has 0 saturated carbocycles. The van der Waals surface area contributed by atoms with Crippen molar-refractivity contribution in [1.29, 1.82) is 0 Å². The minimum absolute atomic E-state index is 0.0984. The van der Waals surface area contributed by atoms with Crippen molar-refractivity contribution in [2.45, 2.75) is 30.9 Å². The number of H-pyrrole nitrogens is 1. The number of rotatable bonds is 5. The van der Waals surface area contributed by atoms with Crippen molar-refractivity contribution < 1.29 is 9.59 Å². The molecule has 0 bridgehead atoms. The molecule has 2 aromatic carbocycles. The summed E-state index contributed by atoms with van der Waals surface area (Å²) in [5.74, 6) is 0.0182. The van der Waals surface area contributed by atoms with Crippen molar-refractivity contribution in [3.8, 4) is 0 Å². The third kappa shape index (κ3) is 3.77. The van der Waals surface area contributed by atoms with E-state index in [0.717, 1.165) is 32.7 Å². The summed E-state index contributed by atoms with van der Waals surface area (Å²) in [4.78, 5) is 28.3. The number of para-hydroxylation sites is 1. The van der Waals surface area contributed by atoms with E-state index in [0.29, 0.717) is 0 Å². The Balaban J connectivity index is 1.78. The van der Waals surface area contributed by atoms with Gasteiger partial charge in [0.2, 0.25) is 5.91 Å². The summed E-state index contributed by atoms with van der Waals surface area (Å²) in [6, 6.07) is 15.4. The number of aromatic nitrogens is 1. The van der Waals surface area contributed by atoms with E-state index in [-0.39, 0.29) is 16.9 Å². The molecule has 0 aliphatic heterocycles. The van der Waals surface area contributed by atoms with E-state index in [1.54, 1.807) is 0 Å². The Bertz CT molecular complexity index is 929. The van der Waals surface area contributed by atoms with Crippen LogP contribution >= 0.6 is 11.8 Å². The molecule has 1 heterocycles. The van der Waals surface area contributed by atoms with Crippen LogP contribution in [0.5, 0.6) is 0 Å². The first kappa shape index (κ1) is 17.3. The van der Waals surface area contributed by atoms with Gasteiger partial charge in [-0.15, -0.1) is 11.8 Å². The number of amides is 1. The fraction of sp³-hybridized carbons (Fsp3) is 0.200. The predicted molar refractivity (Wildman–Crippen MR) is 103 cm³/mol. The minimum atomic E-state index is -0.204. The molecule has 5 heteroatoms. The summed E-state index contributed by atoms with van der Waals surface area (Å²) in [5, 5.41) is 3.51. The minimum Gasteiger partial charge on any atom is -0.358 e. The highest BCUT2D eigenvalue weighted by molar-refractivity contribution is 8.00.